The van der Waals surface area contributed by atoms with E-state index in [1.165, 1.54) is 0 Å². The van der Waals surface area contributed by atoms with E-state index >= 15 is 0 Å². The molecule has 10 heteroatoms. The second-order valence-electron chi connectivity index (χ2n) is 7.69. The van der Waals surface area contributed by atoms with Crippen molar-refractivity contribution in [1.29, 1.82) is 0 Å². The Bertz CT molecular complexity index is 866. The molecular weight excluding hydrogens is 472 g/mol. The van der Waals surface area contributed by atoms with Gasteiger partial charge < -0.3 is 48.1 Å². The molecule has 2 N–H and O–H groups in total. The summed E-state index contributed by atoms with van der Waals surface area (Å²) in [5.41, 5.74) is 1.37. The number of rotatable bonds is 2. The lowest BCUT2D eigenvalue weighted by molar-refractivity contribution is 0.0221. The Labute approximate surface area is 211 Å². The Morgan fingerprint density at radius 1 is 0.500 bits per heavy atom. The molecule has 0 aromatic heterocycles. The summed E-state index contributed by atoms with van der Waals surface area (Å²) >= 11 is 0. The van der Waals surface area contributed by atoms with Crippen molar-refractivity contribution in [2.75, 3.05) is 79.3 Å². The van der Waals surface area contributed by atoms with Gasteiger partial charge in [-0.1, -0.05) is 18.2 Å². The van der Waals surface area contributed by atoms with E-state index in [9.17, 15) is 10.2 Å². The minimum atomic E-state index is -0.159. The molecule has 3 rings (SSSR count). The zero-order valence-electron chi connectivity index (χ0n) is 20.5. The van der Waals surface area contributed by atoms with Crippen LogP contribution in [0.4, 0.5) is 0 Å². The van der Waals surface area contributed by atoms with E-state index in [2.05, 4.69) is 0 Å². The maximum Gasteiger partial charge on any atom is 0.166 e. The van der Waals surface area contributed by atoms with Crippen molar-refractivity contribution in [2.24, 2.45) is 0 Å². The second-order valence-corrected chi connectivity index (χ2v) is 7.69. The summed E-state index contributed by atoms with van der Waals surface area (Å²) < 4.78 is 45.5. The van der Waals surface area contributed by atoms with Gasteiger partial charge in [-0.15, -0.1) is 0 Å². The predicted molar refractivity (Wildman–Crippen MR) is 130 cm³/mol. The van der Waals surface area contributed by atoms with Gasteiger partial charge in [-0.05, 0) is 23.8 Å². The molecule has 200 valence electrons. The molecule has 1 heterocycles. The number of aliphatic hydroxyl groups excluding tert-OH is 2. The van der Waals surface area contributed by atoms with E-state index in [-0.39, 0.29) is 13.2 Å². The predicted octanol–water partition coefficient (Wildman–Crippen LogP) is 1.97. The van der Waals surface area contributed by atoms with E-state index in [0.29, 0.717) is 108 Å². The highest BCUT2D eigenvalue weighted by Crippen LogP contribution is 2.31. The highest BCUT2D eigenvalue weighted by atomic mass is 16.6. The van der Waals surface area contributed by atoms with E-state index in [1.54, 1.807) is 36.4 Å². The Morgan fingerprint density at radius 3 is 1.61 bits per heavy atom. The molecule has 0 saturated carbocycles. The average molecular weight is 509 g/mol. The van der Waals surface area contributed by atoms with Crippen LogP contribution in [0.1, 0.15) is 11.1 Å². The summed E-state index contributed by atoms with van der Waals surface area (Å²) in [5, 5.41) is 19.1. The summed E-state index contributed by atoms with van der Waals surface area (Å²) in [4.78, 5) is 0. The lowest BCUT2D eigenvalue weighted by Crippen LogP contribution is -2.16. The van der Waals surface area contributed by atoms with E-state index in [1.807, 2.05) is 0 Å². The van der Waals surface area contributed by atoms with Gasteiger partial charge in [-0.25, -0.2) is 0 Å². The molecule has 36 heavy (non-hydrogen) atoms. The number of para-hydroxylation sites is 1. The molecule has 0 fully saturated rings. The number of hydrogen-bond acceptors (Lipinski definition) is 10. The standard InChI is InChI=1S/C26H36O10/c27-19-21-4-5-23-25(18-21)35-16-12-31-7-6-30-11-15-34-24-3-1-2-22(20-28)26(24)36-17-13-32-9-8-29-10-14-33-23/h1-5,18,27-28H,6-17,19-20H2. The van der Waals surface area contributed by atoms with Crippen molar-refractivity contribution in [3.63, 3.8) is 0 Å². The van der Waals surface area contributed by atoms with Crippen LogP contribution in [0.25, 0.3) is 0 Å². The third-order valence-corrected chi connectivity index (χ3v) is 5.10. The van der Waals surface area contributed by atoms with Crippen LogP contribution in [0.3, 0.4) is 0 Å². The van der Waals surface area contributed by atoms with Crippen LogP contribution in [-0.4, -0.2) is 89.5 Å². The summed E-state index contributed by atoms with van der Waals surface area (Å²) in [6.45, 7) is 4.19. The number of aliphatic hydroxyl groups is 2. The first-order chi connectivity index (χ1) is 17.8. The normalized spacial score (nSPS) is 17.6. The maximum absolute atomic E-state index is 9.65. The molecule has 0 atom stereocenters. The van der Waals surface area contributed by atoms with Crippen molar-refractivity contribution in [1.82, 2.24) is 0 Å². The molecule has 1 aliphatic heterocycles. The van der Waals surface area contributed by atoms with Gasteiger partial charge in [-0.2, -0.15) is 0 Å². The highest BCUT2D eigenvalue weighted by Gasteiger charge is 2.11. The molecule has 0 spiro atoms. The van der Waals surface area contributed by atoms with Gasteiger partial charge in [0.05, 0.1) is 66.1 Å². The van der Waals surface area contributed by atoms with E-state index in [0.717, 1.165) is 5.56 Å². The van der Waals surface area contributed by atoms with Gasteiger partial charge in [0.1, 0.15) is 26.4 Å². The summed E-state index contributed by atoms with van der Waals surface area (Å²) in [6.07, 6.45) is 0. The van der Waals surface area contributed by atoms with Gasteiger partial charge in [0.25, 0.3) is 0 Å². The van der Waals surface area contributed by atoms with Crippen molar-refractivity contribution in [3.8, 4) is 23.0 Å². The minimum Gasteiger partial charge on any atom is -0.487 e. The van der Waals surface area contributed by atoms with Crippen LogP contribution in [0.5, 0.6) is 23.0 Å². The third-order valence-electron chi connectivity index (χ3n) is 5.10. The molecule has 1 aliphatic rings. The first-order valence-corrected chi connectivity index (χ1v) is 12.1. The van der Waals surface area contributed by atoms with Crippen molar-refractivity contribution in [2.45, 2.75) is 13.2 Å². The largest absolute Gasteiger partial charge is 0.487 e. The molecule has 0 amide bonds. The molecule has 0 saturated heterocycles. The van der Waals surface area contributed by atoms with Gasteiger partial charge in [0.15, 0.2) is 23.0 Å². The Morgan fingerprint density at radius 2 is 1.03 bits per heavy atom. The summed E-state index contributed by atoms with van der Waals surface area (Å²) in [7, 11) is 0. The Hall–Kier alpha value is -2.60. The maximum atomic E-state index is 9.65. The smallest absolute Gasteiger partial charge is 0.166 e. The summed E-state index contributed by atoms with van der Waals surface area (Å²) in [6, 6.07) is 10.7. The first kappa shape index (κ1) is 28.0. The SMILES string of the molecule is OCc1ccc2c(c1)OCCOCCOCCOc1cccc(CO)c1OCCOCCOCCO2. The fourth-order valence-electron chi connectivity index (χ4n) is 3.32. The minimum absolute atomic E-state index is 0.0868. The molecular formula is C26H36O10. The van der Waals surface area contributed by atoms with Gasteiger partial charge in [0, 0.05) is 5.56 Å². The monoisotopic (exact) mass is 508 g/mol. The average Bonchev–Trinajstić information content (AvgIpc) is 2.91. The fourth-order valence-corrected chi connectivity index (χ4v) is 3.32. The molecule has 0 aliphatic carbocycles. The Kier molecular flexibility index (Phi) is 13.2. The van der Waals surface area contributed by atoms with Crippen LogP contribution in [0.2, 0.25) is 0 Å². The zero-order chi connectivity index (χ0) is 25.3. The second kappa shape index (κ2) is 17.0. The van der Waals surface area contributed by atoms with Gasteiger partial charge in [-0.3, -0.25) is 0 Å². The van der Waals surface area contributed by atoms with Crippen LogP contribution >= 0.6 is 0 Å². The van der Waals surface area contributed by atoms with E-state index < -0.39 is 0 Å². The van der Waals surface area contributed by atoms with Crippen molar-refractivity contribution >= 4 is 0 Å². The Balaban J connectivity index is 1.51. The highest BCUT2D eigenvalue weighted by molar-refractivity contribution is 5.46. The third kappa shape index (κ3) is 9.81. The number of benzene rings is 2. The molecule has 2 aromatic carbocycles. The topological polar surface area (TPSA) is 114 Å². The summed E-state index contributed by atoms with van der Waals surface area (Å²) in [5.74, 6) is 2.16. The van der Waals surface area contributed by atoms with Crippen LogP contribution in [0, 0.1) is 0 Å². The van der Waals surface area contributed by atoms with Gasteiger partial charge >= 0.3 is 0 Å². The van der Waals surface area contributed by atoms with Crippen LogP contribution < -0.4 is 18.9 Å². The van der Waals surface area contributed by atoms with Crippen molar-refractivity contribution in [3.05, 3.63) is 47.5 Å². The van der Waals surface area contributed by atoms with E-state index in [4.69, 9.17) is 37.9 Å². The van der Waals surface area contributed by atoms with Crippen molar-refractivity contribution < 1.29 is 48.1 Å². The van der Waals surface area contributed by atoms with Gasteiger partial charge in [0.2, 0.25) is 0 Å². The quantitative estimate of drug-likeness (QED) is 0.624. The first-order valence-electron chi connectivity index (χ1n) is 12.1. The zero-order valence-corrected chi connectivity index (χ0v) is 20.5. The number of hydrogen-bond donors (Lipinski definition) is 2. The number of ether oxygens (including phenoxy) is 8. The van der Waals surface area contributed by atoms with Crippen LogP contribution in [-0.2, 0) is 32.2 Å². The number of fused-ring (bicyclic) bond motifs is 2. The molecule has 0 bridgehead atoms. The molecule has 0 radical (unpaired) electrons. The molecule has 10 nitrogen and oxygen atoms in total. The molecule has 2 aromatic rings. The lowest BCUT2D eigenvalue weighted by Gasteiger charge is -2.16. The lowest BCUT2D eigenvalue weighted by atomic mass is 10.2. The van der Waals surface area contributed by atoms with Crippen LogP contribution in [0.15, 0.2) is 36.4 Å². The molecule has 0 unspecified atom stereocenters. The fraction of sp³-hybridized carbons (Fsp3) is 0.538.